The van der Waals surface area contributed by atoms with E-state index >= 15 is 0 Å². The van der Waals surface area contributed by atoms with Gasteiger partial charge in [-0.25, -0.2) is 0 Å². The molecule has 1 atom stereocenters. The molecule has 1 unspecified atom stereocenters. The van der Waals surface area contributed by atoms with Crippen LogP contribution in [0.15, 0.2) is 58.6 Å². The number of aromatic nitrogens is 3. The summed E-state index contributed by atoms with van der Waals surface area (Å²) in [4.78, 5) is 6.44. The highest BCUT2D eigenvalue weighted by atomic mass is 32.1. The van der Waals surface area contributed by atoms with Gasteiger partial charge in [-0.1, -0.05) is 43.7 Å². The highest BCUT2D eigenvalue weighted by molar-refractivity contribution is 7.15. The molecule has 0 saturated carbocycles. The van der Waals surface area contributed by atoms with Crippen LogP contribution in [0.4, 0.5) is 13.2 Å². The van der Waals surface area contributed by atoms with E-state index in [0.717, 1.165) is 65.2 Å². The first-order chi connectivity index (χ1) is 18.8. The average Bonchev–Trinajstić information content (AvgIpc) is 3.59. The number of nitrogens with one attached hydrogen (secondary N) is 1. The molecule has 1 N–H and O–H groups in total. The van der Waals surface area contributed by atoms with Crippen LogP contribution in [0.2, 0.25) is 0 Å². The number of unbranched alkanes of at least 4 members (excludes halogenated alkanes) is 1. The molecule has 0 fully saturated rings. The van der Waals surface area contributed by atoms with Crippen LogP contribution < -0.4 is 5.32 Å². The molecule has 9 heteroatoms. The number of thiophene rings is 1. The largest absolute Gasteiger partial charge is 0.416 e. The zero-order chi connectivity index (χ0) is 27.1. The molecule has 0 saturated heterocycles. The zero-order valence-electron chi connectivity index (χ0n) is 22.0. The van der Waals surface area contributed by atoms with Gasteiger partial charge in [0.05, 0.1) is 5.56 Å². The number of hydrogen-bond donors (Lipinski definition) is 1. The van der Waals surface area contributed by atoms with Gasteiger partial charge in [0.1, 0.15) is 16.9 Å². The molecule has 202 valence electrons. The standard InChI is InChI=1S/C30H30F3N5S/c1-3-4-15-34-26(21-7-5-8-22(16-21)30(31,32)33)19-11-13-20(14-12-19)27-28-37-36-18(2)38(28)29-24(17-35-27)23-9-6-10-25(23)39-29/h5,7-8,11,13-14,16-17,27,34H,3-4,6,9-10,12,15H2,1-2H3. The second-order valence-electron chi connectivity index (χ2n) is 10.2. The maximum absolute atomic E-state index is 13.5. The van der Waals surface area contributed by atoms with Gasteiger partial charge < -0.3 is 5.32 Å². The van der Waals surface area contributed by atoms with E-state index in [0.29, 0.717) is 18.5 Å². The summed E-state index contributed by atoms with van der Waals surface area (Å²) >= 11 is 1.82. The van der Waals surface area contributed by atoms with Gasteiger partial charge in [0.2, 0.25) is 0 Å². The molecule has 3 aromatic rings. The van der Waals surface area contributed by atoms with Crippen molar-refractivity contribution >= 4 is 23.2 Å². The van der Waals surface area contributed by atoms with Crippen LogP contribution in [0, 0.1) is 6.92 Å². The van der Waals surface area contributed by atoms with Crippen LogP contribution in [0.1, 0.15) is 77.4 Å². The minimum Gasteiger partial charge on any atom is -0.384 e. The average molecular weight is 550 g/mol. The van der Waals surface area contributed by atoms with E-state index in [4.69, 9.17) is 4.99 Å². The van der Waals surface area contributed by atoms with Gasteiger partial charge in [0.25, 0.3) is 0 Å². The quantitative estimate of drug-likeness (QED) is 0.328. The van der Waals surface area contributed by atoms with Crippen molar-refractivity contribution in [3.8, 4) is 5.00 Å². The molecule has 1 aliphatic heterocycles. The third-order valence-corrected chi connectivity index (χ3v) is 8.87. The van der Waals surface area contributed by atoms with Gasteiger partial charge >= 0.3 is 6.18 Å². The Morgan fingerprint density at radius 1 is 1.18 bits per heavy atom. The van der Waals surface area contributed by atoms with Crippen molar-refractivity contribution < 1.29 is 13.2 Å². The molecule has 39 heavy (non-hydrogen) atoms. The molecule has 2 aliphatic carbocycles. The fraction of sp³-hybridized carbons (Fsp3) is 0.367. The number of benzene rings is 1. The number of allylic oxidation sites excluding steroid dienone is 3. The van der Waals surface area contributed by atoms with Crippen LogP contribution >= 0.6 is 11.3 Å². The number of aryl methyl sites for hydroxylation is 2. The van der Waals surface area contributed by atoms with Gasteiger partial charge in [-0.15, -0.1) is 21.5 Å². The normalized spacial score (nSPS) is 19.3. The third kappa shape index (κ3) is 4.77. The Bertz CT molecular complexity index is 1540. The molecule has 0 amide bonds. The fourth-order valence-corrected chi connectivity index (χ4v) is 6.98. The van der Waals surface area contributed by atoms with E-state index in [1.165, 1.54) is 34.6 Å². The lowest BCUT2D eigenvalue weighted by molar-refractivity contribution is -0.137. The van der Waals surface area contributed by atoms with Crippen molar-refractivity contribution in [1.82, 2.24) is 20.1 Å². The molecule has 6 rings (SSSR count). The lowest BCUT2D eigenvalue weighted by Gasteiger charge is -2.20. The van der Waals surface area contributed by atoms with E-state index < -0.39 is 11.7 Å². The van der Waals surface area contributed by atoms with Crippen molar-refractivity contribution in [1.29, 1.82) is 0 Å². The van der Waals surface area contributed by atoms with Gasteiger partial charge in [0, 0.05) is 28.9 Å². The monoisotopic (exact) mass is 549 g/mol. The summed E-state index contributed by atoms with van der Waals surface area (Å²) < 4.78 is 42.5. The zero-order valence-corrected chi connectivity index (χ0v) is 22.8. The minimum absolute atomic E-state index is 0.300. The Hall–Kier alpha value is -3.46. The molecule has 3 heterocycles. The Morgan fingerprint density at radius 3 is 2.82 bits per heavy atom. The summed E-state index contributed by atoms with van der Waals surface area (Å²) in [5, 5.41) is 13.5. The summed E-state index contributed by atoms with van der Waals surface area (Å²) in [5.74, 6) is 1.64. The summed E-state index contributed by atoms with van der Waals surface area (Å²) in [6.45, 7) is 4.76. The Balaban J connectivity index is 1.35. The van der Waals surface area contributed by atoms with Crippen LogP contribution in [0.3, 0.4) is 0 Å². The lowest BCUT2D eigenvalue weighted by atomic mass is 9.93. The van der Waals surface area contributed by atoms with Crippen LogP contribution in [-0.2, 0) is 19.0 Å². The first-order valence-electron chi connectivity index (χ1n) is 13.5. The molecule has 0 bridgehead atoms. The van der Waals surface area contributed by atoms with Gasteiger partial charge in [-0.05, 0) is 73.4 Å². The number of hydrogen-bond acceptors (Lipinski definition) is 5. The Labute approximate surface area is 229 Å². The topological polar surface area (TPSA) is 55.1 Å². The van der Waals surface area contributed by atoms with Gasteiger partial charge in [0.15, 0.2) is 5.82 Å². The number of alkyl halides is 3. The predicted molar refractivity (Wildman–Crippen MR) is 149 cm³/mol. The van der Waals surface area contributed by atoms with Crippen LogP contribution in [-0.4, -0.2) is 27.5 Å². The van der Waals surface area contributed by atoms with E-state index in [9.17, 15) is 13.2 Å². The highest BCUT2D eigenvalue weighted by Gasteiger charge is 2.32. The van der Waals surface area contributed by atoms with Crippen LogP contribution in [0.5, 0.6) is 0 Å². The van der Waals surface area contributed by atoms with Crippen molar-refractivity contribution in [3.63, 3.8) is 0 Å². The summed E-state index contributed by atoms with van der Waals surface area (Å²) in [6.07, 6.45) is 9.64. The Morgan fingerprint density at radius 2 is 2.05 bits per heavy atom. The number of fused-ring (bicyclic) bond motifs is 5. The SMILES string of the molecule is CCCCNC(=C1C=CC(C2N=Cc3c(sc4c3CCC4)-n3c(C)nnc32)=CC1)c1cccc(C(F)(F)F)c1. The van der Waals surface area contributed by atoms with E-state index in [-0.39, 0.29) is 6.04 Å². The smallest absolute Gasteiger partial charge is 0.384 e. The number of nitrogens with zero attached hydrogens (tertiary/aromatic N) is 4. The first kappa shape index (κ1) is 25.8. The number of halogens is 3. The van der Waals surface area contributed by atoms with Gasteiger partial charge in [-0.3, -0.25) is 9.56 Å². The lowest BCUT2D eigenvalue weighted by Crippen LogP contribution is -2.17. The maximum Gasteiger partial charge on any atom is 0.416 e. The van der Waals surface area contributed by atoms with Gasteiger partial charge in [-0.2, -0.15) is 13.2 Å². The van der Waals surface area contributed by atoms with Crippen molar-refractivity contribution in [2.45, 2.75) is 64.6 Å². The summed E-state index contributed by atoms with van der Waals surface area (Å²) in [5.41, 5.74) is 5.18. The van der Waals surface area contributed by atoms with Crippen LogP contribution in [0.25, 0.3) is 10.7 Å². The number of rotatable bonds is 6. The van der Waals surface area contributed by atoms with Crippen molar-refractivity contribution in [2.75, 3.05) is 6.54 Å². The third-order valence-electron chi connectivity index (χ3n) is 7.58. The predicted octanol–water partition coefficient (Wildman–Crippen LogP) is 7.31. The van der Waals surface area contributed by atoms with Crippen molar-refractivity contribution in [3.05, 3.63) is 92.4 Å². The molecular weight excluding hydrogens is 519 g/mol. The highest BCUT2D eigenvalue weighted by Crippen LogP contribution is 2.42. The second-order valence-corrected chi connectivity index (χ2v) is 11.3. The Kier molecular flexibility index (Phi) is 6.79. The van der Waals surface area contributed by atoms with E-state index in [2.05, 4.69) is 33.1 Å². The molecule has 0 radical (unpaired) electrons. The van der Waals surface area contributed by atoms with E-state index in [1.807, 2.05) is 36.6 Å². The molecule has 1 aromatic carbocycles. The summed E-state index contributed by atoms with van der Waals surface area (Å²) in [7, 11) is 0. The number of aliphatic imine (C=N–C) groups is 1. The molecule has 0 spiro atoms. The molecular formula is C30H30F3N5S. The minimum atomic E-state index is -4.39. The first-order valence-corrected chi connectivity index (χ1v) is 14.3. The second kappa shape index (κ2) is 10.3. The van der Waals surface area contributed by atoms with Crippen molar-refractivity contribution in [2.24, 2.45) is 4.99 Å². The fourth-order valence-electron chi connectivity index (χ4n) is 5.56. The molecule has 5 nitrogen and oxygen atoms in total. The summed E-state index contributed by atoms with van der Waals surface area (Å²) in [6, 6.07) is 5.25. The van der Waals surface area contributed by atoms with E-state index in [1.54, 1.807) is 6.07 Å². The molecule has 2 aromatic heterocycles. The maximum atomic E-state index is 13.5. The molecule has 3 aliphatic rings.